The van der Waals surface area contributed by atoms with Crippen molar-refractivity contribution >= 4 is 27.7 Å². The van der Waals surface area contributed by atoms with Gasteiger partial charge in [-0.1, -0.05) is 36.4 Å². The van der Waals surface area contributed by atoms with Crippen LogP contribution >= 0.6 is 15.9 Å². The minimum atomic E-state index is -1.10. The second-order valence-electron chi connectivity index (χ2n) is 7.52. The maximum Gasteiger partial charge on any atom is 0.334 e. The summed E-state index contributed by atoms with van der Waals surface area (Å²) in [7, 11) is 0. The van der Waals surface area contributed by atoms with Crippen molar-refractivity contribution in [2.45, 2.75) is 19.4 Å². The molecule has 2 aliphatic heterocycles. The van der Waals surface area contributed by atoms with E-state index in [2.05, 4.69) is 21.2 Å². The summed E-state index contributed by atoms with van der Waals surface area (Å²) in [6, 6.07) is 14.3. The van der Waals surface area contributed by atoms with Gasteiger partial charge in [0.05, 0.1) is 16.6 Å². The lowest BCUT2D eigenvalue weighted by molar-refractivity contribution is -0.133. The van der Waals surface area contributed by atoms with Crippen LogP contribution in [0, 0.1) is 5.82 Å². The van der Waals surface area contributed by atoms with Gasteiger partial charge in [0.25, 0.3) is 0 Å². The highest BCUT2D eigenvalue weighted by Gasteiger charge is 2.40. The number of halogens is 2. The van der Waals surface area contributed by atoms with Crippen LogP contribution in [-0.2, 0) is 16.1 Å². The largest absolute Gasteiger partial charge is 0.478 e. The first kappa shape index (κ1) is 20.5. The number of hydrogen-bond donors (Lipinski definition) is 2. The van der Waals surface area contributed by atoms with Crippen molar-refractivity contribution in [3.05, 3.63) is 92.5 Å². The molecule has 154 valence electrons. The average molecular weight is 471 g/mol. The number of carboxylic acids is 1. The average Bonchev–Trinajstić information content (AvgIpc) is 2.69. The molecule has 0 fully saturated rings. The van der Waals surface area contributed by atoms with E-state index in [0.29, 0.717) is 35.6 Å². The van der Waals surface area contributed by atoms with Crippen molar-refractivity contribution in [3.63, 3.8) is 0 Å². The van der Waals surface area contributed by atoms with Gasteiger partial charge in [0, 0.05) is 36.0 Å². The molecule has 0 aliphatic carbocycles. The van der Waals surface area contributed by atoms with E-state index in [9.17, 15) is 19.1 Å². The lowest BCUT2D eigenvalue weighted by Gasteiger charge is -2.37. The first-order valence-electron chi connectivity index (χ1n) is 9.53. The summed E-state index contributed by atoms with van der Waals surface area (Å²) < 4.78 is 14.0. The lowest BCUT2D eigenvalue weighted by Crippen LogP contribution is -2.45. The van der Waals surface area contributed by atoms with E-state index in [1.807, 2.05) is 35.2 Å². The third-order valence-corrected chi connectivity index (χ3v) is 6.06. The van der Waals surface area contributed by atoms with Gasteiger partial charge in [-0.15, -0.1) is 0 Å². The number of benzene rings is 2. The van der Waals surface area contributed by atoms with E-state index < -0.39 is 17.7 Å². The number of aliphatic carboxylic acids is 1. The van der Waals surface area contributed by atoms with Crippen molar-refractivity contribution in [1.82, 2.24) is 10.2 Å². The van der Waals surface area contributed by atoms with Gasteiger partial charge >= 0.3 is 5.97 Å². The molecule has 2 aromatic carbocycles. The van der Waals surface area contributed by atoms with E-state index in [-0.39, 0.29) is 22.4 Å². The molecule has 0 bridgehead atoms. The fourth-order valence-corrected chi connectivity index (χ4v) is 4.58. The van der Waals surface area contributed by atoms with Gasteiger partial charge in [-0.05, 0) is 46.1 Å². The van der Waals surface area contributed by atoms with Crippen molar-refractivity contribution < 1.29 is 19.1 Å². The number of Topliss-reactive ketones (excluding diaryl/α,β-unsaturated/α-hetero) is 1. The molecule has 0 spiro atoms. The lowest BCUT2D eigenvalue weighted by atomic mass is 9.77. The van der Waals surface area contributed by atoms with Crippen LogP contribution in [0.5, 0.6) is 0 Å². The monoisotopic (exact) mass is 470 g/mol. The maximum absolute atomic E-state index is 13.8. The molecule has 2 aromatic rings. The number of ketones is 1. The molecule has 30 heavy (non-hydrogen) atoms. The number of allylic oxidation sites excluding steroid dienone is 1. The van der Waals surface area contributed by atoms with Crippen molar-refractivity contribution in [2.75, 3.05) is 13.1 Å². The van der Waals surface area contributed by atoms with E-state index in [1.165, 1.54) is 6.07 Å². The smallest absolute Gasteiger partial charge is 0.334 e. The SMILES string of the molecule is CC1=C(C(=O)O)C(c2ccc(F)c(Br)c2)C2=C(CN(Cc3ccccc3)CC2=O)N1. The molecule has 2 heterocycles. The molecule has 5 nitrogen and oxygen atoms in total. The molecule has 1 atom stereocenters. The maximum atomic E-state index is 13.8. The van der Waals surface area contributed by atoms with Gasteiger partial charge < -0.3 is 10.4 Å². The molecule has 4 rings (SSSR count). The fourth-order valence-electron chi connectivity index (χ4n) is 4.18. The fraction of sp³-hybridized carbons (Fsp3) is 0.217. The number of carbonyl (C=O) groups is 2. The number of nitrogens with one attached hydrogen (secondary N) is 1. The molecular weight excluding hydrogens is 451 g/mol. The Kier molecular flexibility index (Phi) is 5.58. The van der Waals surface area contributed by atoms with Crippen LogP contribution in [0.4, 0.5) is 4.39 Å². The van der Waals surface area contributed by atoms with Crippen LogP contribution in [0.1, 0.15) is 24.0 Å². The first-order chi connectivity index (χ1) is 14.3. The summed E-state index contributed by atoms with van der Waals surface area (Å²) in [5.41, 5.74) is 3.41. The van der Waals surface area contributed by atoms with Crippen molar-refractivity contribution in [2.24, 2.45) is 0 Å². The van der Waals surface area contributed by atoms with Crippen LogP contribution in [-0.4, -0.2) is 34.8 Å². The zero-order chi connectivity index (χ0) is 21.4. The van der Waals surface area contributed by atoms with Crippen LogP contribution in [0.25, 0.3) is 0 Å². The van der Waals surface area contributed by atoms with Crippen molar-refractivity contribution in [3.8, 4) is 0 Å². The van der Waals surface area contributed by atoms with Gasteiger partial charge in [-0.3, -0.25) is 9.69 Å². The van der Waals surface area contributed by atoms with Crippen LogP contribution in [0.2, 0.25) is 0 Å². The molecule has 2 aliphatic rings. The van der Waals surface area contributed by atoms with Crippen LogP contribution in [0.3, 0.4) is 0 Å². The summed E-state index contributed by atoms with van der Waals surface area (Å²) in [4.78, 5) is 27.3. The van der Waals surface area contributed by atoms with Crippen LogP contribution < -0.4 is 5.32 Å². The first-order valence-corrected chi connectivity index (χ1v) is 10.3. The highest BCUT2D eigenvalue weighted by molar-refractivity contribution is 9.10. The standard InChI is InChI=1S/C23H20BrFN2O3/c1-13-20(23(29)30)21(15-7-8-17(25)16(24)9-15)22-18(26-13)11-27(12-19(22)28)10-14-5-3-2-4-6-14/h2-9,21,26H,10-12H2,1H3,(H,29,30). The Labute approximate surface area is 182 Å². The van der Waals surface area contributed by atoms with E-state index in [4.69, 9.17) is 0 Å². The van der Waals surface area contributed by atoms with Crippen LogP contribution in [0.15, 0.2) is 75.5 Å². The molecule has 1 unspecified atom stereocenters. The molecule has 7 heteroatoms. The molecule has 0 amide bonds. The number of dihydropyridines is 1. The minimum absolute atomic E-state index is 0.108. The summed E-state index contributed by atoms with van der Waals surface area (Å²) >= 11 is 3.17. The Morgan fingerprint density at radius 1 is 1.23 bits per heavy atom. The Morgan fingerprint density at radius 3 is 2.63 bits per heavy atom. The number of rotatable bonds is 4. The van der Waals surface area contributed by atoms with Gasteiger partial charge in [0.2, 0.25) is 0 Å². The third-order valence-electron chi connectivity index (χ3n) is 5.45. The Balaban J connectivity index is 1.75. The molecule has 0 radical (unpaired) electrons. The summed E-state index contributed by atoms with van der Waals surface area (Å²) in [5.74, 6) is -2.42. The molecular formula is C23H20BrFN2O3. The highest BCUT2D eigenvalue weighted by atomic mass is 79.9. The molecule has 0 saturated heterocycles. The highest BCUT2D eigenvalue weighted by Crippen LogP contribution is 2.41. The Hall–Kier alpha value is -2.77. The zero-order valence-electron chi connectivity index (χ0n) is 16.3. The van der Waals surface area contributed by atoms with E-state index in [1.54, 1.807) is 19.1 Å². The van der Waals surface area contributed by atoms with E-state index >= 15 is 0 Å². The topological polar surface area (TPSA) is 69.6 Å². The Bertz CT molecular complexity index is 1090. The number of hydrogen-bond acceptors (Lipinski definition) is 4. The van der Waals surface area contributed by atoms with Gasteiger partial charge in [-0.2, -0.15) is 0 Å². The van der Waals surface area contributed by atoms with Gasteiger partial charge in [0.15, 0.2) is 5.78 Å². The second-order valence-corrected chi connectivity index (χ2v) is 8.38. The minimum Gasteiger partial charge on any atom is -0.478 e. The third kappa shape index (κ3) is 3.82. The predicted molar refractivity (Wildman–Crippen MR) is 114 cm³/mol. The second kappa shape index (κ2) is 8.16. The number of carbonyl (C=O) groups excluding carboxylic acids is 1. The predicted octanol–water partition coefficient (Wildman–Crippen LogP) is 3.97. The van der Waals surface area contributed by atoms with Crippen molar-refractivity contribution in [1.29, 1.82) is 0 Å². The van der Waals surface area contributed by atoms with Gasteiger partial charge in [0.1, 0.15) is 5.82 Å². The molecule has 2 N–H and O–H groups in total. The quantitative estimate of drug-likeness (QED) is 0.707. The normalized spacial score (nSPS) is 19.6. The molecule has 0 saturated carbocycles. The summed E-state index contributed by atoms with van der Waals surface area (Å²) in [6.07, 6.45) is 0. The summed E-state index contributed by atoms with van der Waals surface area (Å²) in [5, 5.41) is 13.0. The zero-order valence-corrected chi connectivity index (χ0v) is 17.9. The Morgan fingerprint density at radius 2 is 1.97 bits per heavy atom. The van der Waals surface area contributed by atoms with Gasteiger partial charge in [-0.25, -0.2) is 9.18 Å². The summed E-state index contributed by atoms with van der Waals surface area (Å²) in [6.45, 7) is 3.01. The van der Waals surface area contributed by atoms with E-state index in [0.717, 1.165) is 5.56 Å². The number of nitrogens with zero attached hydrogens (tertiary/aromatic N) is 1. The number of carboxylic acid groups (broad SMARTS) is 1. The molecule has 0 aromatic heterocycles.